The summed E-state index contributed by atoms with van der Waals surface area (Å²) < 4.78 is 0. The van der Waals surface area contributed by atoms with E-state index in [1.54, 1.807) is 0 Å². The second-order valence-electron chi connectivity index (χ2n) is 4.10. The van der Waals surface area contributed by atoms with E-state index in [4.69, 9.17) is 0 Å². The lowest BCUT2D eigenvalue weighted by atomic mass is 9.87. The maximum Gasteiger partial charge on any atom is 0.0563 e. The van der Waals surface area contributed by atoms with E-state index in [-0.39, 0.29) is 6.10 Å². The van der Waals surface area contributed by atoms with E-state index in [2.05, 4.69) is 27.4 Å². The average Bonchev–Trinajstić information content (AvgIpc) is 2.14. The third kappa shape index (κ3) is 4.47. The number of allylic oxidation sites excluding steroid dienone is 1. The highest BCUT2D eigenvalue weighted by atomic mass is 16.3. The third-order valence-corrected chi connectivity index (χ3v) is 2.95. The molecule has 0 saturated carbocycles. The van der Waals surface area contributed by atoms with Crippen molar-refractivity contribution in [2.24, 2.45) is 11.8 Å². The van der Waals surface area contributed by atoms with Crippen molar-refractivity contribution in [2.75, 3.05) is 0 Å². The van der Waals surface area contributed by atoms with Crippen LogP contribution in [0.3, 0.4) is 0 Å². The summed E-state index contributed by atoms with van der Waals surface area (Å²) in [7, 11) is 0. The predicted molar refractivity (Wildman–Crippen MR) is 58.7 cm³/mol. The van der Waals surface area contributed by atoms with Crippen LogP contribution in [-0.4, -0.2) is 11.2 Å². The maximum absolute atomic E-state index is 9.60. The zero-order chi connectivity index (χ0) is 10.4. The quantitative estimate of drug-likeness (QED) is 0.627. The van der Waals surface area contributed by atoms with E-state index in [0.717, 1.165) is 19.3 Å². The van der Waals surface area contributed by atoms with Gasteiger partial charge in [-0.1, -0.05) is 39.8 Å². The van der Waals surface area contributed by atoms with Crippen LogP contribution in [-0.2, 0) is 0 Å². The Morgan fingerprint density at radius 3 is 2.23 bits per heavy atom. The summed E-state index contributed by atoms with van der Waals surface area (Å²) >= 11 is 0. The molecule has 0 aliphatic rings. The zero-order valence-electron chi connectivity index (χ0n) is 9.51. The number of aliphatic hydroxyl groups excluding tert-OH is 1. The summed E-state index contributed by atoms with van der Waals surface area (Å²) in [6, 6.07) is 0. The first-order chi connectivity index (χ1) is 6.02. The monoisotopic (exact) mass is 184 g/mol. The molecule has 0 heterocycles. The van der Waals surface area contributed by atoms with Crippen molar-refractivity contribution >= 4 is 0 Å². The van der Waals surface area contributed by atoms with Crippen molar-refractivity contribution in [1.82, 2.24) is 0 Å². The first kappa shape index (κ1) is 12.7. The fourth-order valence-corrected chi connectivity index (χ4v) is 1.63. The van der Waals surface area contributed by atoms with Gasteiger partial charge < -0.3 is 5.11 Å². The van der Waals surface area contributed by atoms with Gasteiger partial charge in [0.05, 0.1) is 6.10 Å². The van der Waals surface area contributed by atoms with Crippen molar-refractivity contribution < 1.29 is 5.11 Å². The van der Waals surface area contributed by atoms with Crippen LogP contribution in [0.1, 0.15) is 47.0 Å². The van der Waals surface area contributed by atoms with Gasteiger partial charge in [0.15, 0.2) is 0 Å². The van der Waals surface area contributed by atoms with Gasteiger partial charge in [-0.25, -0.2) is 0 Å². The topological polar surface area (TPSA) is 20.2 Å². The molecule has 78 valence electrons. The van der Waals surface area contributed by atoms with Crippen LogP contribution in [0.5, 0.6) is 0 Å². The second kappa shape index (κ2) is 6.20. The molecule has 13 heavy (non-hydrogen) atoms. The van der Waals surface area contributed by atoms with Gasteiger partial charge in [0, 0.05) is 0 Å². The molecule has 1 nitrogen and oxygen atoms in total. The van der Waals surface area contributed by atoms with E-state index in [1.807, 2.05) is 6.92 Å². The van der Waals surface area contributed by atoms with Crippen molar-refractivity contribution in [3.05, 3.63) is 12.2 Å². The number of hydrogen-bond acceptors (Lipinski definition) is 1. The standard InChI is InChI=1S/C12H24O/c1-6-9(3)10(4)8-11(5)12(13)7-2/h10-13H,3,6-8H2,1-2,4-5H3. The Labute approximate surface area is 82.9 Å². The number of aliphatic hydroxyl groups is 1. The lowest BCUT2D eigenvalue weighted by Crippen LogP contribution is -2.19. The van der Waals surface area contributed by atoms with Crippen LogP contribution < -0.4 is 0 Å². The summed E-state index contributed by atoms with van der Waals surface area (Å²) in [6.07, 6.45) is 2.82. The van der Waals surface area contributed by atoms with E-state index in [9.17, 15) is 5.11 Å². The fraction of sp³-hybridized carbons (Fsp3) is 0.833. The molecule has 1 N–H and O–H groups in total. The zero-order valence-corrected chi connectivity index (χ0v) is 9.51. The lowest BCUT2D eigenvalue weighted by molar-refractivity contribution is 0.102. The molecule has 0 spiro atoms. The highest BCUT2D eigenvalue weighted by molar-refractivity contribution is 4.98. The van der Waals surface area contributed by atoms with Crippen LogP contribution in [0.25, 0.3) is 0 Å². The predicted octanol–water partition coefficient (Wildman–Crippen LogP) is 3.39. The highest BCUT2D eigenvalue weighted by Crippen LogP contribution is 2.23. The highest BCUT2D eigenvalue weighted by Gasteiger charge is 2.16. The van der Waals surface area contributed by atoms with Gasteiger partial charge >= 0.3 is 0 Å². The van der Waals surface area contributed by atoms with Crippen molar-refractivity contribution in [2.45, 2.75) is 53.1 Å². The molecule has 0 rings (SSSR count). The van der Waals surface area contributed by atoms with Crippen LogP contribution in [0.4, 0.5) is 0 Å². The molecule has 0 aromatic rings. The smallest absolute Gasteiger partial charge is 0.0563 e. The molecule has 3 unspecified atom stereocenters. The molecule has 0 saturated heterocycles. The Hall–Kier alpha value is -0.300. The molecule has 0 aromatic carbocycles. The molecule has 0 aliphatic carbocycles. The minimum atomic E-state index is -0.146. The summed E-state index contributed by atoms with van der Waals surface area (Å²) in [4.78, 5) is 0. The molecule has 0 fully saturated rings. The first-order valence-corrected chi connectivity index (χ1v) is 5.38. The summed E-state index contributed by atoms with van der Waals surface area (Å²) in [5, 5.41) is 9.60. The van der Waals surface area contributed by atoms with Gasteiger partial charge in [0.1, 0.15) is 0 Å². The minimum absolute atomic E-state index is 0.146. The van der Waals surface area contributed by atoms with Gasteiger partial charge in [0.2, 0.25) is 0 Å². The SMILES string of the molecule is C=C(CC)C(C)CC(C)C(O)CC. The Morgan fingerprint density at radius 2 is 1.85 bits per heavy atom. The van der Waals surface area contributed by atoms with Gasteiger partial charge in [-0.3, -0.25) is 0 Å². The summed E-state index contributed by atoms with van der Waals surface area (Å²) in [5.74, 6) is 0.935. The maximum atomic E-state index is 9.60. The fourth-order valence-electron chi connectivity index (χ4n) is 1.63. The van der Waals surface area contributed by atoms with Gasteiger partial charge in [0.25, 0.3) is 0 Å². The normalized spacial score (nSPS) is 17.9. The molecule has 0 aromatic heterocycles. The van der Waals surface area contributed by atoms with Crippen molar-refractivity contribution in [1.29, 1.82) is 0 Å². The van der Waals surface area contributed by atoms with Crippen molar-refractivity contribution in [3.63, 3.8) is 0 Å². The minimum Gasteiger partial charge on any atom is -0.393 e. The Kier molecular flexibility index (Phi) is 6.06. The van der Waals surface area contributed by atoms with Gasteiger partial charge in [-0.15, -0.1) is 0 Å². The Morgan fingerprint density at radius 1 is 1.31 bits per heavy atom. The Balaban J connectivity index is 3.90. The van der Waals surface area contributed by atoms with Crippen LogP contribution in [0.15, 0.2) is 12.2 Å². The second-order valence-corrected chi connectivity index (χ2v) is 4.10. The average molecular weight is 184 g/mol. The van der Waals surface area contributed by atoms with E-state index < -0.39 is 0 Å². The molecule has 0 bridgehead atoms. The van der Waals surface area contributed by atoms with Crippen LogP contribution in [0.2, 0.25) is 0 Å². The summed E-state index contributed by atoms with van der Waals surface area (Å²) in [6.45, 7) is 12.5. The van der Waals surface area contributed by atoms with E-state index >= 15 is 0 Å². The van der Waals surface area contributed by atoms with Gasteiger partial charge in [-0.05, 0) is 31.1 Å². The van der Waals surface area contributed by atoms with Crippen molar-refractivity contribution in [3.8, 4) is 0 Å². The lowest BCUT2D eigenvalue weighted by Gasteiger charge is -2.22. The molecule has 1 heteroatoms. The van der Waals surface area contributed by atoms with Crippen LogP contribution in [0, 0.1) is 11.8 Å². The third-order valence-electron chi connectivity index (χ3n) is 2.95. The molecular weight excluding hydrogens is 160 g/mol. The molecular formula is C12H24O. The van der Waals surface area contributed by atoms with E-state index in [0.29, 0.717) is 11.8 Å². The molecule has 3 atom stereocenters. The number of rotatable bonds is 6. The molecule has 0 aliphatic heterocycles. The summed E-state index contributed by atoms with van der Waals surface area (Å²) in [5.41, 5.74) is 1.30. The van der Waals surface area contributed by atoms with Crippen LogP contribution >= 0.6 is 0 Å². The largest absolute Gasteiger partial charge is 0.393 e. The molecule has 0 amide bonds. The Bertz CT molecular complexity index is 151. The van der Waals surface area contributed by atoms with Gasteiger partial charge in [-0.2, -0.15) is 0 Å². The van der Waals surface area contributed by atoms with E-state index in [1.165, 1.54) is 5.57 Å². The number of hydrogen-bond donors (Lipinski definition) is 1. The molecule has 0 radical (unpaired) electrons. The first-order valence-electron chi connectivity index (χ1n) is 5.38.